The average molecular weight is 280 g/mol. The molecule has 0 spiro atoms. The summed E-state index contributed by atoms with van der Waals surface area (Å²) in [5.41, 5.74) is -0.446. The van der Waals surface area contributed by atoms with E-state index in [4.69, 9.17) is 4.74 Å². The van der Waals surface area contributed by atoms with Crippen molar-refractivity contribution in [2.75, 3.05) is 6.61 Å². The minimum atomic E-state index is -0.628. The number of aliphatic hydroxyl groups is 1. The van der Waals surface area contributed by atoms with E-state index in [1.807, 2.05) is 13.1 Å². The van der Waals surface area contributed by atoms with Gasteiger partial charge in [0.1, 0.15) is 17.5 Å². The van der Waals surface area contributed by atoms with Crippen molar-refractivity contribution in [2.45, 2.75) is 71.1 Å². The van der Waals surface area contributed by atoms with Gasteiger partial charge in [0.05, 0.1) is 0 Å². The lowest BCUT2D eigenvalue weighted by atomic mass is 9.76. The fraction of sp³-hybridized carbons (Fsp3) is 0.812. The van der Waals surface area contributed by atoms with Crippen molar-refractivity contribution < 1.29 is 9.84 Å². The highest BCUT2D eigenvalue weighted by molar-refractivity contribution is 5.06. The van der Waals surface area contributed by atoms with Gasteiger partial charge in [-0.2, -0.15) is 0 Å². The van der Waals surface area contributed by atoms with Crippen molar-refractivity contribution in [3.05, 3.63) is 18.2 Å². The summed E-state index contributed by atoms with van der Waals surface area (Å²) in [4.78, 5) is 4.39. The highest BCUT2D eigenvalue weighted by Crippen LogP contribution is 2.42. The lowest BCUT2D eigenvalue weighted by molar-refractivity contribution is -0.149. The number of aliphatic hydroxyl groups excluding tert-OH is 1. The van der Waals surface area contributed by atoms with Crippen molar-refractivity contribution in [3.63, 3.8) is 0 Å². The Morgan fingerprint density at radius 3 is 2.75 bits per heavy atom. The second-order valence-corrected chi connectivity index (χ2v) is 6.06. The summed E-state index contributed by atoms with van der Waals surface area (Å²) in [5, 5.41) is 10.9. The molecule has 0 aromatic carbocycles. The molecule has 1 aromatic heterocycles. The van der Waals surface area contributed by atoms with Crippen molar-refractivity contribution in [2.24, 2.45) is 5.92 Å². The van der Waals surface area contributed by atoms with E-state index in [0.29, 0.717) is 6.61 Å². The Labute approximate surface area is 122 Å². The number of aryl methyl sites for hydroxylation is 1. The van der Waals surface area contributed by atoms with Crippen molar-refractivity contribution in [1.82, 2.24) is 9.55 Å². The first-order valence-electron chi connectivity index (χ1n) is 7.96. The van der Waals surface area contributed by atoms with Crippen LogP contribution in [0.4, 0.5) is 0 Å². The molecule has 1 unspecified atom stereocenters. The van der Waals surface area contributed by atoms with Crippen molar-refractivity contribution in [1.29, 1.82) is 0 Å². The minimum absolute atomic E-state index is 0.446. The number of hydrogen-bond donors (Lipinski definition) is 1. The molecule has 1 heterocycles. The van der Waals surface area contributed by atoms with Gasteiger partial charge in [-0.15, -0.1) is 0 Å². The van der Waals surface area contributed by atoms with Crippen LogP contribution in [0.2, 0.25) is 0 Å². The Morgan fingerprint density at radius 1 is 1.45 bits per heavy atom. The molecule has 4 nitrogen and oxygen atoms in total. The largest absolute Gasteiger partial charge is 0.382 e. The molecular weight excluding hydrogens is 252 g/mol. The maximum atomic E-state index is 10.9. The molecule has 1 aliphatic carbocycles. The summed E-state index contributed by atoms with van der Waals surface area (Å²) in [7, 11) is 0. The molecule has 0 radical (unpaired) electrons. The van der Waals surface area contributed by atoms with Gasteiger partial charge in [-0.05, 0) is 44.9 Å². The van der Waals surface area contributed by atoms with E-state index < -0.39 is 11.7 Å². The Kier molecular flexibility index (Phi) is 5.22. The molecule has 1 N–H and O–H groups in total. The Morgan fingerprint density at radius 2 is 2.15 bits per heavy atom. The molecule has 114 valence electrons. The van der Waals surface area contributed by atoms with E-state index in [2.05, 4.69) is 23.4 Å². The number of hydrogen-bond acceptors (Lipinski definition) is 3. The van der Waals surface area contributed by atoms with Crippen molar-refractivity contribution >= 4 is 0 Å². The maximum Gasteiger partial charge on any atom is 0.141 e. The van der Waals surface area contributed by atoms with Crippen LogP contribution in [0.15, 0.2) is 12.4 Å². The van der Waals surface area contributed by atoms with Crippen molar-refractivity contribution in [3.8, 4) is 0 Å². The second-order valence-electron chi connectivity index (χ2n) is 6.06. The molecule has 1 aromatic rings. The van der Waals surface area contributed by atoms with Crippen LogP contribution in [0.5, 0.6) is 0 Å². The van der Waals surface area contributed by atoms with E-state index >= 15 is 0 Å². The van der Waals surface area contributed by atoms with Crippen LogP contribution in [0.25, 0.3) is 0 Å². The van der Waals surface area contributed by atoms with Crippen LogP contribution >= 0.6 is 0 Å². The quantitative estimate of drug-likeness (QED) is 0.869. The lowest BCUT2D eigenvalue weighted by Gasteiger charge is -2.42. The highest BCUT2D eigenvalue weighted by Gasteiger charge is 2.43. The molecule has 4 heteroatoms. The van der Waals surface area contributed by atoms with Crippen LogP contribution in [0.3, 0.4) is 0 Å². The smallest absolute Gasteiger partial charge is 0.141 e. The van der Waals surface area contributed by atoms with E-state index in [1.54, 1.807) is 6.20 Å². The molecule has 1 aliphatic rings. The minimum Gasteiger partial charge on any atom is -0.382 e. The van der Waals surface area contributed by atoms with Gasteiger partial charge in [-0.25, -0.2) is 4.98 Å². The summed E-state index contributed by atoms with van der Waals surface area (Å²) in [6, 6.07) is 0. The number of aromatic nitrogens is 2. The molecule has 2 rings (SSSR count). The third-order valence-corrected chi connectivity index (χ3v) is 4.51. The SMILES string of the molecule is CCCn1ccnc1C(O)C1(OCC)CCC(C)CC1. The van der Waals surface area contributed by atoms with Gasteiger partial charge in [0.15, 0.2) is 0 Å². The molecule has 1 atom stereocenters. The normalized spacial score (nSPS) is 28.5. The third-order valence-electron chi connectivity index (χ3n) is 4.51. The lowest BCUT2D eigenvalue weighted by Crippen LogP contribution is -2.43. The molecule has 0 saturated heterocycles. The Bertz CT molecular complexity index is 408. The summed E-state index contributed by atoms with van der Waals surface area (Å²) in [6.45, 7) is 7.95. The molecule has 1 fully saturated rings. The Hall–Kier alpha value is -0.870. The van der Waals surface area contributed by atoms with E-state index in [1.165, 1.54) is 0 Å². The first-order valence-corrected chi connectivity index (χ1v) is 7.96. The monoisotopic (exact) mass is 280 g/mol. The zero-order valence-corrected chi connectivity index (χ0v) is 13.0. The molecule has 0 amide bonds. The molecule has 1 saturated carbocycles. The van der Waals surface area contributed by atoms with E-state index in [-0.39, 0.29) is 0 Å². The second kappa shape index (κ2) is 6.72. The number of nitrogens with zero attached hydrogens (tertiary/aromatic N) is 2. The van der Waals surface area contributed by atoms with Gasteiger partial charge in [-0.1, -0.05) is 13.8 Å². The number of imidazole rings is 1. The predicted octanol–water partition coefficient (Wildman–Crippen LogP) is 3.31. The standard InChI is InChI=1S/C16H28N2O2/c1-4-11-18-12-10-17-15(18)14(19)16(20-5-2)8-6-13(3)7-9-16/h10,12-14,19H,4-9,11H2,1-3H3. The summed E-state index contributed by atoms with van der Waals surface area (Å²) in [5.74, 6) is 1.49. The van der Waals surface area contributed by atoms with Crippen LogP contribution in [0.1, 0.15) is 64.8 Å². The molecule has 0 aliphatic heterocycles. The van der Waals surface area contributed by atoms with Gasteiger partial charge in [0.25, 0.3) is 0 Å². The van der Waals surface area contributed by atoms with Gasteiger partial charge < -0.3 is 14.4 Å². The van der Waals surface area contributed by atoms with E-state index in [0.717, 1.165) is 50.4 Å². The fourth-order valence-electron chi connectivity index (χ4n) is 3.27. The summed E-state index contributed by atoms with van der Waals surface area (Å²) < 4.78 is 8.09. The van der Waals surface area contributed by atoms with Gasteiger partial charge >= 0.3 is 0 Å². The molecule has 0 bridgehead atoms. The number of ether oxygens (including phenoxy) is 1. The van der Waals surface area contributed by atoms with Crippen LogP contribution in [-0.4, -0.2) is 26.9 Å². The van der Waals surface area contributed by atoms with Crippen LogP contribution in [-0.2, 0) is 11.3 Å². The maximum absolute atomic E-state index is 10.9. The first-order chi connectivity index (χ1) is 9.63. The Balaban J connectivity index is 2.22. The molecular formula is C16H28N2O2. The van der Waals surface area contributed by atoms with Crippen LogP contribution < -0.4 is 0 Å². The number of rotatable bonds is 6. The zero-order chi connectivity index (χ0) is 14.6. The zero-order valence-electron chi connectivity index (χ0n) is 13.0. The molecule has 20 heavy (non-hydrogen) atoms. The third kappa shape index (κ3) is 3.07. The van der Waals surface area contributed by atoms with Crippen LogP contribution in [0, 0.1) is 5.92 Å². The predicted molar refractivity (Wildman–Crippen MR) is 79.5 cm³/mol. The van der Waals surface area contributed by atoms with E-state index in [9.17, 15) is 5.11 Å². The fourth-order valence-corrected chi connectivity index (χ4v) is 3.27. The topological polar surface area (TPSA) is 47.3 Å². The summed E-state index contributed by atoms with van der Waals surface area (Å²) >= 11 is 0. The summed E-state index contributed by atoms with van der Waals surface area (Å²) in [6.07, 6.45) is 8.21. The van der Waals surface area contributed by atoms with Gasteiger partial charge in [0.2, 0.25) is 0 Å². The highest BCUT2D eigenvalue weighted by atomic mass is 16.5. The van der Waals surface area contributed by atoms with Gasteiger partial charge in [0, 0.05) is 25.5 Å². The first kappa shape index (κ1) is 15.5. The average Bonchev–Trinajstić information content (AvgIpc) is 2.90. The van der Waals surface area contributed by atoms with Gasteiger partial charge in [-0.3, -0.25) is 0 Å².